The molecule has 0 bridgehead atoms. The minimum absolute atomic E-state index is 0.0249. The molecule has 0 saturated heterocycles. The highest BCUT2D eigenvalue weighted by molar-refractivity contribution is 4.61. The smallest absolute Gasteiger partial charge is 0.105 e. The summed E-state index contributed by atoms with van der Waals surface area (Å²) < 4.78 is 12.4. The SMILES string of the molecule is OCCC(F)CC(O)CO. The fourth-order valence-corrected chi connectivity index (χ4v) is 0.628. The Labute approximate surface area is 59.1 Å². The summed E-state index contributed by atoms with van der Waals surface area (Å²) in [6.07, 6.45) is -2.29. The highest BCUT2D eigenvalue weighted by Gasteiger charge is 2.11. The van der Waals surface area contributed by atoms with Gasteiger partial charge < -0.3 is 15.3 Å². The van der Waals surface area contributed by atoms with Gasteiger partial charge in [0.2, 0.25) is 0 Å². The molecule has 3 N–H and O–H groups in total. The van der Waals surface area contributed by atoms with Crippen molar-refractivity contribution in [2.45, 2.75) is 25.1 Å². The van der Waals surface area contributed by atoms with Gasteiger partial charge in [-0.25, -0.2) is 4.39 Å². The van der Waals surface area contributed by atoms with Gasteiger partial charge in [0.25, 0.3) is 0 Å². The van der Waals surface area contributed by atoms with Crippen molar-refractivity contribution in [1.29, 1.82) is 0 Å². The van der Waals surface area contributed by atoms with Crippen molar-refractivity contribution in [2.75, 3.05) is 13.2 Å². The van der Waals surface area contributed by atoms with Crippen LogP contribution < -0.4 is 0 Å². The van der Waals surface area contributed by atoms with Crippen LogP contribution in [0.2, 0.25) is 0 Å². The Morgan fingerprint density at radius 3 is 2.30 bits per heavy atom. The Morgan fingerprint density at radius 1 is 1.30 bits per heavy atom. The van der Waals surface area contributed by atoms with Crippen molar-refractivity contribution in [3.8, 4) is 0 Å². The molecule has 4 heteroatoms. The fraction of sp³-hybridized carbons (Fsp3) is 1.00. The maximum Gasteiger partial charge on any atom is 0.105 e. The Kier molecular flexibility index (Phi) is 5.48. The predicted octanol–water partition coefficient (Wildman–Crippen LogP) is -0.550. The molecule has 0 aliphatic rings. The van der Waals surface area contributed by atoms with Crippen molar-refractivity contribution < 1.29 is 19.7 Å². The van der Waals surface area contributed by atoms with Crippen LogP contribution in [0.5, 0.6) is 0 Å². The Morgan fingerprint density at radius 2 is 1.90 bits per heavy atom. The highest BCUT2D eigenvalue weighted by Crippen LogP contribution is 2.05. The summed E-state index contributed by atoms with van der Waals surface area (Å²) in [5.74, 6) is 0. The third-order valence-electron chi connectivity index (χ3n) is 1.18. The third kappa shape index (κ3) is 4.67. The summed E-state index contributed by atoms with van der Waals surface area (Å²) in [6.45, 7) is -0.648. The largest absolute Gasteiger partial charge is 0.396 e. The summed E-state index contributed by atoms with van der Waals surface area (Å²) in [6, 6.07) is 0. The molecule has 0 aromatic heterocycles. The van der Waals surface area contributed by atoms with Crippen LogP contribution in [0.15, 0.2) is 0 Å². The summed E-state index contributed by atoms with van der Waals surface area (Å²) in [5.41, 5.74) is 0. The molecule has 3 nitrogen and oxygen atoms in total. The lowest BCUT2D eigenvalue weighted by Crippen LogP contribution is -2.18. The monoisotopic (exact) mass is 152 g/mol. The van der Waals surface area contributed by atoms with Crippen molar-refractivity contribution in [2.24, 2.45) is 0 Å². The van der Waals surface area contributed by atoms with Gasteiger partial charge in [0.05, 0.1) is 12.7 Å². The van der Waals surface area contributed by atoms with Crippen molar-refractivity contribution >= 4 is 0 Å². The standard InChI is InChI=1S/C6H13FO3/c7-5(1-2-8)3-6(10)4-9/h5-6,8-10H,1-4H2. The second-order valence-electron chi connectivity index (χ2n) is 2.18. The predicted molar refractivity (Wildman–Crippen MR) is 34.3 cm³/mol. The van der Waals surface area contributed by atoms with Gasteiger partial charge in [0, 0.05) is 19.4 Å². The van der Waals surface area contributed by atoms with Gasteiger partial charge in [0.15, 0.2) is 0 Å². The number of aliphatic hydroxyl groups is 3. The molecule has 10 heavy (non-hydrogen) atoms. The number of rotatable bonds is 5. The summed E-state index contributed by atoms with van der Waals surface area (Å²) >= 11 is 0. The fourth-order valence-electron chi connectivity index (χ4n) is 0.628. The van der Waals surface area contributed by atoms with Gasteiger partial charge in [-0.3, -0.25) is 0 Å². The van der Waals surface area contributed by atoms with Gasteiger partial charge in [-0.2, -0.15) is 0 Å². The zero-order valence-electron chi connectivity index (χ0n) is 5.70. The quantitative estimate of drug-likeness (QED) is 0.495. The molecule has 0 aliphatic carbocycles. The lowest BCUT2D eigenvalue weighted by atomic mass is 10.1. The molecule has 0 aliphatic heterocycles. The van der Waals surface area contributed by atoms with E-state index < -0.39 is 18.9 Å². The first-order chi connectivity index (χ1) is 4.70. The number of aliphatic hydroxyl groups excluding tert-OH is 3. The molecule has 0 radical (unpaired) electrons. The molecule has 0 spiro atoms. The molecule has 2 atom stereocenters. The van der Waals surface area contributed by atoms with Gasteiger partial charge in [0.1, 0.15) is 6.17 Å². The van der Waals surface area contributed by atoms with E-state index in [4.69, 9.17) is 15.3 Å². The number of halogens is 1. The maximum absolute atomic E-state index is 12.4. The van der Waals surface area contributed by atoms with Crippen LogP contribution in [0, 0.1) is 0 Å². The molecule has 0 fully saturated rings. The lowest BCUT2D eigenvalue weighted by molar-refractivity contribution is 0.0607. The summed E-state index contributed by atoms with van der Waals surface area (Å²) in [7, 11) is 0. The van der Waals surface area contributed by atoms with Gasteiger partial charge in [-0.15, -0.1) is 0 Å². The second kappa shape index (κ2) is 5.58. The van der Waals surface area contributed by atoms with Gasteiger partial charge >= 0.3 is 0 Å². The lowest BCUT2D eigenvalue weighted by Gasteiger charge is -2.09. The highest BCUT2D eigenvalue weighted by atomic mass is 19.1. The average Bonchev–Trinajstić information content (AvgIpc) is 1.88. The van der Waals surface area contributed by atoms with E-state index in [1.54, 1.807) is 0 Å². The van der Waals surface area contributed by atoms with Crippen LogP contribution in [0.4, 0.5) is 4.39 Å². The molecule has 2 unspecified atom stereocenters. The molecule has 62 valence electrons. The van der Waals surface area contributed by atoms with E-state index in [2.05, 4.69) is 0 Å². The van der Waals surface area contributed by atoms with Gasteiger partial charge in [-0.1, -0.05) is 0 Å². The minimum atomic E-state index is -1.22. The average molecular weight is 152 g/mol. The number of hydrogen-bond donors (Lipinski definition) is 3. The Hall–Kier alpha value is -0.190. The first-order valence-electron chi connectivity index (χ1n) is 3.24. The molecule has 0 heterocycles. The minimum Gasteiger partial charge on any atom is -0.396 e. The van der Waals surface area contributed by atoms with Crippen molar-refractivity contribution in [3.63, 3.8) is 0 Å². The zero-order valence-corrected chi connectivity index (χ0v) is 5.70. The van der Waals surface area contributed by atoms with Crippen molar-refractivity contribution in [1.82, 2.24) is 0 Å². The number of hydrogen-bond acceptors (Lipinski definition) is 3. The molecule has 0 aromatic rings. The molecule has 0 aromatic carbocycles. The van der Waals surface area contributed by atoms with Crippen LogP contribution in [-0.4, -0.2) is 40.8 Å². The topological polar surface area (TPSA) is 60.7 Å². The first-order valence-corrected chi connectivity index (χ1v) is 3.24. The zero-order chi connectivity index (χ0) is 7.98. The Balaban J connectivity index is 3.27. The normalized spacial score (nSPS) is 16.8. The molecule has 0 rings (SSSR count). The van der Waals surface area contributed by atoms with Crippen molar-refractivity contribution in [3.05, 3.63) is 0 Å². The van der Waals surface area contributed by atoms with E-state index in [-0.39, 0.29) is 19.4 Å². The number of alkyl halides is 1. The van der Waals surface area contributed by atoms with E-state index in [1.165, 1.54) is 0 Å². The summed E-state index contributed by atoms with van der Waals surface area (Å²) in [5, 5.41) is 25.2. The molecular weight excluding hydrogens is 139 g/mol. The van der Waals surface area contributed by atoms with Crippen LogP contribution in [0.3, 0.4) is 0 Å². The maximum atomic E-state index is 12.4. The van der Waals surface area contributed by atoms with Crippen LogP contribution >= 0.6 is 0 Å². The van der Waals surface area contributed by atoms with E-state index in [9.17, 15) is 4.39 Å². The van der Waals surface area contributed by atoms with Gasteiger partial charge in [-0.05, 0) is 0 Å². The van der Waals surface area contributed by atoms with Crippen LogP contribution in [0.25, 0.3) is 0 Å². The second-order valence-corrected chi connectivity index (χ2v) is 2.18. The molecule has 0 amide bonds. The van der Waals surface area contributed by atoms with E-state index >= 15 is 0 Å². The van der Waals surface area contributed by atoms with E-state index in [0.29, 0.717) is 0 Å². The molecular formula is C6H13FO3. The van der Waals surface area contributed by atoms with E-state index in [0.717, 1.165) is 0 Å². The first kappa shape index (κ1) is 9.81. The Bertz CT molecular complexity index is 79.4. The summed E-state index contributed by atoms with van der Waals surface area (Å²) in [4.78, 5) is 0. The van der Waals surface area contributed by atoms with Crippen LogP contribution in [0.1, 0.15) is 12.8 Å². The van der Waals surface area contributed by atoms with Crippen LogP contribution in [-0.2, 0) is 0 Å². The van der Waals surface area contributed by atoms with E-state index in [1.807, 2.05) is 0 Å². The third-order valence-corrected chi connectivity index (χ3v) is 1.18. The molecule has 0 saturated carbocycles.